The van der Waals surface area contributed by atoms with Crippen LogP contribution in [-0.2, 0) is 0 Å². The molecular formula is C22H18N7S+. The molecule has 0 radical (unpaired) electrons. The summed E-state index contributed by atoms with van der Waals surface area (Å²) in [6.07, 6.45) is 1.71. The van der Waals surface area contributed by atoms with Gasteiger partial charge in [-0.2, -0.15) is 10.1 Å². The zero-order valence-corrected chi connectivity index (χ0v) is 16.7. The molecule has 1 aliphatic heterocycles. The minimum Gasteiger partial charge on any atom is -0.357 e. The van der Waals surface area contributed by atoms with E-state index in [1.54, 1.807) is 11.3 Å². The lowest BCUT2D eigenvalue weighted by atomic mass is 10.1. The molecule has 0 unspecified atom stereocenters. The number of hydrogen-bond donors (Lipinski definition) is 3. The second kappa shape index (κ2) is 6.57. The van der Waals surface area contributed by atoms with E-state index in [0.29, 0.717) is 5.96 Å². The van der Waals surface area contributed by atoms with Gasteiger partial charge in [0.2, 0.25) is 6.17 Å². The van der Waals surface area contributed by atoms with Crippen LogP contribution in [-0.4, -0.2) is 20.7 Å². The average molecular weight is 413 g/mol. The smallest absolute Gasteiger partial charge is 0.357 e. The number of aromatic nitrogens is 4. The van der Waals surface area contributed by atoms with Crippen molar-refractivity contribution in [1.29, 1.82) is 0 Å². The Morgan fingerprint density at radius 1 is 1.00 bits per heavy atom. The second-order valence-electron chi connectivity index (χ2n) is 7.06. The average Bonchev–Trinajstić information content (AvgIpc) is 3.51. The summed E-state index contributed by atoms with van der Waals surface area (Å²) >= 11 is 1.66. The third-order valence-corrected chi connectivity index (χ3v) is 6.08. The van der Waals surface area contributed by atoms with Crippen LogP contribution in [0.1, 0.15) is 11.7 Å². The highest BCUT2D eigenvalue weighted by Gasteiger charge is 2.34. The first-order valence-corrected chi connectivity index (χ1v) is 10.5. The summed E-state index contributed by atoms with van der Waals surface area (Å²) in [6, 6.07) is 22.4. The summed E-state index contributed by atoms with van der Waals surface area (Å²) < 4.78 is 4.04. The predicted octanol–water partition coefficient (Wildman–Crippen LogP) is 3.66. The van der Waals surface area contributed by atoms with Gasteiger partial charge in [-0.05, 0) is 35.7 Å². The van der Waals surface area contributed by atoms with Crippen LogP contribution in [0.25, 0.3) is 27.3 Å². The van der Waals surface area contributed by atoms with Gasteiger partial charge in [-0.25, -0.2) is 19.5 Å². The summed E-state index contributed by atoms with van der Waals surface area (Å²) in [5, 5.41) is 10.1. The van der Waals surface area contributed by atoms with Crippen molar-refractivity contribution in [3.63, 3.8) is 0 Å². The van der Waals surface area contributed by atoms with Gasteiger partial charge in [-0.15, -0.1) is 11.3 Å². The third kappa shape index (κ3) is 2.61. The third-order valence-electron chi connectivity index (χ3n) is 5.21. The van der Waals surface area contributed by atoms with E-state index in [0.717, 1.165) is 38.8 Å². The number of fused-ring (bicyclic) bond motifs is 3. The van der Waals surface area contributed by atoms with Gasteiger partial charge in [-0.3, -0.25) is 0 Å². The van der Waals surface area contributed by atoms with E-state index in [2.05, 4.69) is 38.6 Å². The van der Waals surface area contributed by atoms with Crippen molar-refractivity contribution >= 4 is 34.3 Å². The van der Waals surface area contributed by atoms with Gasteiger partial charge in [0, 0.05) is 6.20 Å². The molecule has 1 aliphatic rings. The number of aromatic amines is 1. The van der Waals surface area contributed by atoms with Gasteiger partial charge < -0.3 is 5.73 Å². The fraction of sp³-hybridized carbons (Fsp3) is 0.0455. The summed E-state index contributed by atoms with van der Waals surface area (Å²) in [6.45, 7) is 0. The number of thiophene rings is 1. The Morgan fingerprint density at radius 2 is 1.83 bits per heavy atom. The van der Waals surface area contributed by atoms with E-state index in [-0.39, 0.29) is 6.17 Å². The van der Waals surface area contributed by atoms with Crippen molar-refractivity contribution in [3.8, 4) is 16.3 Å². The molecule has 2 aromatic carbocycles. The Hall–Kier alpha value is -3.91. The molecule has 0 bridgehead atoms. The van der Waals surface area contributed by atoms with Gasteiger partial charge in [0.05, 0.1) is 16.1 Å². The maximum atomic E-state index is 6.17. The van der Waals surface area contributed by atoms with Gasteiger partial charge >= 0.3 is 5.95 Å². The minimum atomic E-state index is -0.341. The number of aliphatic imine (C=N–C) groups is 1. The number of imidazole rings is 1. The molecule has 1 atom stereocenters. The molecule has 30 heavy (non-hydrogen) atoms. The summed E-state index contributed by atoms with van der Waals surface area (Å²) in [4.78, 5) is 9.27. The lowest BCUT2D eigenvalue weighted by molar-refractivity contribution is -0.674. The molecule has 0 aliphatic carbocycles. The molecule has 3 aromatic heterocycles. The highest BCUT2D eigenvalue weighted by molar-refractivity contribution is 7.13. The molecule has 8 heteroatoms. The Morgan fingerprint density at radius 3 is 2.67 bits per heavy atom. The highest BCUT2D eigenvalue weighted by Crippen LogP contribution is 2.34. The number of guanidine groups is 1. The first-order valence-electron chi connectivity index (χ1n) is 9.59. The molecular weight excluding hydrogens is 394 g/mol. The zero-order valence-electron chi connectivity index (χ0n) is 15.9. The molecule has 146 valence electrons. The van der Waals surface area contributed by atoms with Crippen molar-refractivity contribution < 1.29 is 4.57 Å². The van der Waals surface area contributed by atoms with Crippen LogP contribution in [0.3, 0.4) is 0 Å². The van der Waals surface area contributed by atoms with Gasteiger partial charge in [0.25, 0.3) is 5.96 Å². The number of nitrogens with two attached hydrogens (primary N) is 1. The Balaban J connectivity index is 1.60. The molecule has 0 fully saturated rings. The summed E-state index contributed by atoms with van der Waals surface area (Å²) in [5.74, 6) is 1.18. The van der Waals surface area contributed by atoms with Crippen LogP contribution in [0.2, 0.25) is 0 Å². The number of benzene rings is 2. The van der Waals surface area contributed by atoms with Crippen molar-refractivity contribution in [1.82, 2.24) is 14.8 Å². The van der Waals surface area contributed by atoms with Gasteiger partial charge in [0.1, 0.15) is 16.7 Å². The first kappa shape index (κ1) is 17.0. The van der Waals surface area contributed by atoms with Gasteiger partial charge in [-0.1, -0.05) is 36.4 Å². The van der Waals surface area contributed by atoms with Crippen molar-refractivity contribution in [3.05, 3.63) is 83.9 Å². The van der Waals surface area contributed by atoms with E-state index >= 15 is 0 Å². The lowest BCUT2D eigenvalue weighted by Crippen LogP contribution is -2.48. The fourth-order valence-electron chi connectivity index (χ4n) is 3.89. The van der Waals surface area contributed by atoms with Gasteiger partial charge in [0.15, 0.2) is 0 Å². The number of hydrogen-bond acceptors (Lipinski definition) is 5. The Bertz CT molecular complexity index is 1380. The normalized spacial score (nSPS) is 15.6. The van der Waals surface area contributed by atoms with Crippen molar-refractivity contribution in [2.24, 2.45) is 10.7 Å². The molecule has 6 rings (SSSR count). The van der Waals surface area contributed by atoms with E-state index < -0.39 is 0 Å². The van der Waals surface area contributed by atoms with Crippen molar-refractivity contribution in [2.45, 2.75) is 6.17 Å². The molecule has 4 heterocycles. The molecule has 4 N–H and O–H groups in total. The lowest BCUT2D eigenvalue weighted by Gasteiger charge is -2.17. The summed E-state index contributed by atoms with van der Waals surface area (Å²) in [7, 11) is 0. The van der Waals surface area contributed by atoms with E-state index in [1.165, 1.54) is 0 Å². The highest BCUT2D eigenvalue weighted by atomic mass is 32.1. The number of para-hydroxylation sites is 3. The minimum absolute atomic E-state index is 0.341. The van der Waals surface area contributed by atoms with Crippen molar-refractivity contribution in [2.75, 3.05) is 5.32 Å². The molecule has 0 amide bonds. The number of nitrogens with zero attached hydrogens (tertiary/aromatic N) is 4. The SMILES string of the molecule is NC1=N[C@@H](c2cn(-c3ccccc3)nc2-c2cccs2)[n+]2c([nH]c3ccccc32)N1. The quantitative estimate of drug-likeness (QED) is 0.395. The van der Waals surface area contributed by atoms with Crippen LogP contribution in [0, 0.1) is 0 Å². The largest absolute Gasteiger partial charge is 0.365 e. The number of rotatable bonds is 3. The van der Waals surface area contributed by atoms with Crippen LogP contribution < -0.4 is 15.6 Å². The summed E-state index contributed by atoms with van der Waals surface area (Å²) in [5.41, 5.74) is 11.1. The molecule has 7 nitrogen and oxygen atoms in total. The maximum Gasteiger partial charge on any atom is 0.365 e. The number of nitrogens with one attached hydrogen (secondary N) is 2. The topological polar surface area (TPSA) is 87.9 Å². The molecule has 5 aromatic rings. The Labute approximate surface area is 176 Å². The zero-order chi connectivity index (χ0) is 20.1. The molecule has 0 spiro atoms. The first-order chi connectivity index (χ1) is 14.8. The number of H-pyrrole nitrogens is 1. The second-order valence-corrected chi connectivity index (χ2v) is 8.01. The Kier molecular flexibility index (Phi) is 3.72. The fourth-order valence-corrected chi connectivity index (χ4v) is 4.62. The standard InChI is InChI=1S/C22H17N7S/c23-21-25-20(29-17-10-5-4-9-16(17)24-22(29)26-21)15-13-28(14-7-2-1-3-8-14)27-19(15)18-11-6-12-30-18/h1-13,20H,(H3,23,24,25,26)/p+1/t20-/m1/s1. The molecule has 0 saturated heterocycles. The molecule has 0 saturated carbocycles. The van der Waals surface area contributed by atoms with Crippen LogP contribution in [0.15, 0.2) is 83.3 Å². The monoisotopic (exact) mass is 412 g/mol. The van der Waals surface area contributed by atoms with Crippen LogP contribution in [0.5, 0.6) is 0 Å². The van der Waals surface area contributed by atoms with E-state index in [4.69, 9.17) is 15.8 Å². The van der Waals surface area contributed by atoms with Crippen LogP contribution >= 0.6 is 11.3 Å². The van der Waals surface area contributed by atoms with E-state index in [9.17, 15) is 0 Å². The van der Waals surface area contributed by atoms with E-state index in [1.807, 2.05) is 59.3 Å². The number of anilines is 1. The maximum absolute atomic E-state index is 6.17. The predicted molar refractivity (Wildman–Crippen MR) is 119 cm³/mol. The van der Waals surface area contributed by atoms with Crippen LogP contribution in [0.4, 0.5) is 5.95 Å².